The second kappa shape index (κ2) is 13.7. The molecule has 34 heavy (non-hydrogen) atoms. The van der Waals surface area contributed by atoms with E-state index in [9.17, 15) is 4.79 Å². The van der Waals surface area contributed by atoms with Crippen molar-refractivity contribution < 1.29 is 4.79 Å². The molecule has 1 amide bonds. The first-order valence-electron chi connectivity index (χ1n) is 12.1. The highest BCUT2D eigenvalue weighted by Crippen LogP contribution is 2.31. The number of hydrogen-bond acceptors (Lipinski definition) is 3. The van der Waals surface area contributed by atoms with Gasteiger partial charge in [-0.25, -0.2) is 4.99 Å². The van der Waals surface area contributed by atoms with Gasteiger partial charge in [0.25, 0.3) is 5.91 Å². The molecule has 0 bridgehead atoms. The Hall–Kier alpha value is -2.13. The number of rotatable bonds is 9. The van der Waals surface area contributed by atoms with Gasteiger partial charge in [-0.15, -0.1) is 24.0 Å². The van der Waals surface area contributed by atoms with Gasteiger partial charge >= 0.3 is 0 Å². The Kier molecular flexibility index (Phi) is 11.3. The van der Waals surface area contributed by atoms with Gasteiger partial charge in [0.2, 0.25) is 0 Å². The van der Waals surface area contributed by atoms with Crippen LogP contribution in [-0.2, 0) is 6.54 Å². The summed E-state index contributed by atoms with van der Waals surface area (Å²) < 4.78 is 0. The summed E-state index contributed by atoms with van der Waals surface area (Å²) in [5, 5.41) is 10.9. The molecule has 3 rings (SSSR count). The third-order valence-corrected chi connectivity index (χ3v) is 6.35. The predicted octanol–water partition coefficient (Wildman–Crippen LogP) is 4.73. The van der Waals surface area contributed by atoms with E-state index in [4.69, 9.17) is 4.99 Å². The number of nitrogens with zero attached hydrogens (tertiary/aromatic N) is 2. The summed E-state index contributed by atoms with van der Waals surface area (Å²) in [5.74, 6) is 0.838. The first-order valence-corrected chi connectivity index (χ1v) is 12.1. The van der Waals surface area contributed by atoms with Gasteiger partial charge in [0.1, 0.15) is 0 Å². The zero-order valence-corrected chi connectivity index (χ0v) is 23.3. The van der Waals surface area contributed by atoms with E-state index < -0.39 is 0 Å². The number of nitrogens with one attached hydrogen (secondary N) is 3. The fraction of sp³-hybridized carbons (Fsp3) is 0.481. The summed E-state index contributed by atoms with van der Waals surface area (Å²) in [6.07, 6.45) is 4.83. The smallest absolute Gasteiger partial charge is 0.253 e. The molecule has 186 valence electrons. The molecule has 0 aromatic heterocycles. The van der Waals surface area contributed by atoms with E-state index in [1.165, 1.54) is 18.4 Å². The van der Waals surface area contributed by atoms with E-state index in [-0.39, 0.29) is 35.4 Å². The molecule has 3 N–H and O–H groups in total. The van der Waals surface area contributed by atoms with Gasteiger partial charge in [0.05, 0.1) is 6.54 Å². The second-order valence-electron chi connectivity index (χ2n) is 9.21. The average Bonchev–Trinajstić information content (AvgIpc) is 3.29. The molecule has 1 unspecified atom stereocenters. The molecule has 0 saturated heterocycles. The lowest BCUT2D eigenvalue weighted by molar-refractivity contribution is 0.0827. The molecule has 1 fully saturated rings. The third kappa shape index (κ3) is 7.98. The molecule has 1 atom stereocenters. The van der Waals surface area contributed by atoms with E-state index in [0.717, 1.165) is 37.5 Å². The zero-order chi connectivity index (χ0) is 23.7. The number of benzene rings is 2. The van der Waals surface area contributed by atoms with Crippen molar-refractivity contribution in [2.45, 2.75) is 57.7 Å². The molecule has 0 aliphatic heterocycles. The maximum Gasteiger partial charge on any atom is 0.253 e. The molecule has 1 saturated carbocycles. The second-order valence-corrected chi connectivity index (χ2v) is 9.21. The van der Waals surface area contributed by atoms with Crippen LogP contribution in [0.3, 0.4) is 0 Å². The van der Waals surface area contributed by atoms with E-state index in [0.29, 0.717) is 18.2 Å². The lowest BCUT2D eigenvalue weighted by Gasteiger charge is -2.35. The number of halogens is 1. The summed E-state index contributed by atoms with van der Waals surface area (Å²) >= 11 is 0. The van der Waals surface area contributed by atoms with Gasteiger partial charge in [0.15, 0.2) is 5.96 Å². The van der Waals surface area contributed by atoms with Gasteiger partial charge in [-0.05, 0) is 49.9 Å². The first kappa shape index (κ1) is 28.1. The fourth-order valence-corrected chi connectivity index (χ4v) is 4.48. The van der Waals surface area contributed by atoms with Crippen molar-refractivity contribution in [1.29, 1.82) is 0 Å². The minimum atomic E-state index is 0. The van der Waals surface area contributed by atoms with Crippen LogP contribution in [0.1, 0.15) is 67.1 Å². The van der Waals surface area contributed by atoms with Crippen molar-refractivity contribution in [1.82, 2.24) is 20.9 Å². The molecule has 0 radical (unpaired) electrons. The Labute approximate surface area is 222 Å². The van der Waals surface area contributed by atoms with Gasteiger partial charge < -0.3 is 20.9 Å². The molecule has 2 aromatic rings. The lowest BCUT2D eigenvalue weighted by Crippen LogP contribution is -2.54. The highest BCUT2D eigenvalue weighted by Gasteiger charge is 2.35. The summed E-state index contributed by atoms with van der Waals surface area (Å²) in [6.45, 7) is 6.54. The van der Waals surface area contributed by atoms with Crippen LogP contribution >= 0.6 is 24.0 Å². The molecule has 2 aromatic carbocycles. The zero-order valence-electron chi connectivity index (χ0n) is 20.9. The van der Waals surface area contributed by atoms with Crippen LogP contribution in [0.2, 0.25) is 0 Å². The SMILES string of the molecule is CCNC(=NCc1ccc(C(=O)N(C)C)cc1)NCC1(NC(C)c2ccccc2)CCCC1.I. The maximum absolute atomic E-state index is 12.1. The van der Waals surface area contributed by atoms with Crippen LogP contribution in [-0.4, -0.2) is 49.5 Å². The monoisotopic (exact) mass is 577 g/mol. The standard InChI is InChI=1S/C27H39N5O.HI/c1-5-28-26(29-19-22-13-15-24(16-14-22)25(33)32(3)4)30-20-27(17-9-10-18-27)31-21(2)23-11-7-6-8-12-23;/h6-8,11-16,21,31H,5,9-10,17-20H2,1-4H3,(H2,28,29,30);1H. The molecule has 1 aliphatic rings. The maximum atomic E-state index is 12.1. The number of carbonyl (C=O) groups excluding carboxylic acids is 1. The first-order chi connectivity index (χ1) is 15.9. The highest BCUT2D eigenvalue weighted by molar-refractivity contribution is 14.0. The largest absolute Gasteiger partial charge is 0.357 e. The number of guanidine groups is 1. The van der Waals surface area contributed by atoms with E-state index in [1.807, 2.05) is 24.3 Å². The minimum Gasteiger partial charge on any atom is -0.357 e. The Bertz CT molecular complexity index is 908. The van der Waals surface area contributed by atoms with Crippen molar-refractivity contribution in [2.24, 2.45) is 4.99 Å². The summed E-state index contributed by atoms with van der Waals surface area (Å²) in [7, 11) is 3.53. The normalized spacial score (nSPS) is 15.8. The fourth-order valence-electron chi connectivity index (χ4n) is 4.48. The molecule has 1 aliphatic carbocycles. The van der Waals surface area contributed by atoms with Crippen LogP contribution in [0.15, 0.2) is 59.6 Å². The number of amides is 1. The van der Waals surface area contributed by atoms with Crippen LogP contribution in [0.4, 0.5) is 0 Å². The number of hydrogen-bond donors (Lipinski definition) is 3. The van der Waals surface area contributed by atoms with Crippen molar-refractivity contribution in [2.75, 3.05) is 27.2 Å². The lowest BCUT2D eigenvalue weighted by atomic mass is 9.94. The topological polar surface area (TPSA) is 68.8 Å². The van der Waals surface area contributed by atoms with Gasteiger partial charge in [-0.2, -0.15) is 0 Å². The highest BCUT2D eigenvalue weighted by atomic mass is 127. The quantitative estimate of drug-likeness (QED) is 0.229. The molecule has 6 nitrogen and oxygen atoms in total. The molecule has 0 spiro atoms. The van der Waals surface area contributed by atoms with Crippen molar-refractivity contribution in [3.8, 4) is 0 Å². The van der Waals surface area contributed by atoms with Gasteiger partial charge in [0, 0.05) is 44.3 Å². The van der Waals surface area contributed by atoms with Crippen molar-refractivity contribution >= 4 is 35.8 Å². The predicted molar refractivity (Wildman–Crippen MR) is 152 cm³/mol. The number of carbonyl (C=O) groups is 1. The molecular formula is C27H40IN5O. The van der Waals surface area contributed by atoms with Crippen LogP contribution in [0.5, 0.6) is 0 Å². The summed E-state index contributed by atoms with van der Waals surface area (Å²) in [6, 6.07) is 18.7. The third-order valence-electron chi connectivity index (χ3n) is 6.35. The van der Waals surface area contributed by atoms with Gasteiger partial charge in [-0.3, -0.25) is 4.79 Å². The van der Waals surface area contributed by atoms with Crippen molar-refractivity contribution in [3.63, 3.8) is 0 Å². The summed E-state index contributed by atoms with van der Waals surface area (Å²) in [5.41, 5.74) is 3.16. The Balaban J connectivity index is 0.00000408. The van der Waals surface area contributed by atoms with Crippen LogP contribution in [0, 0.1) is 0 Å². The van der Waals surface area contributed by atoms with Crippen LogP contribution in [0.25, 0.3) is 0 Å². The Morgan fingerprint density at radius 1 is 1.03 bits per heavy atom. The van der Waals surface area contributed by atoms with Crippen molar-refractivity contribution in [3.05, 3.63) is 71.3 Å². The summed E-state index contributed by atoms with van der Waals surface area (Å²) in [4.78, 5) is 18.5. The molecule has 0 heterocycles. The minimum absolute atomic E-state index is 0. The van der Waals surface area contributed by atoms with E-state index >= 15 is 0 Å². The van der Waals surface area contributed by atoms with Crippen LogP contribution < -0.4 is 16.0 Å². The van der Waals surface area contributed by atoms with E-state index in [1.54, 1.807) is 19.0 Å². The van der Waals surface area contributed by atoms with E-state index in [2.05, 4.69) is 60.1 Å². The number of aliphatic imine (C=N–C) groups is 1. The molecular weight excluding hydrogens is 537 g/mol. The Morgan fingerprint density at radius 2 is 1.68 bits per heavy atom. The van der Waals surface area contributed by atoms with Gasteiger partial charge in [-0.1, -0.05) is 55.3 Å². The average molecular weight is 578 g/mol. The molecule has 7 heteroatoms. The Morgan fingerprint density at radius 3 is 2.26 bits per heavy atom.